The largest absolute Gasteiger partial charge is 0.329 e. The molecule has 0 radical (unpaired) electrons. The maximum absolute atomic E-state index is 11.6. The molecule has 94 valence electrons. The number of hydrogen-bond donors (Lipinski definition) is 2. The minimum absolute atomic E-state index is 0.110. The first-order chi connectivity index (χ1) is 8.49. The Balaban J connectivity index is 2.50. The van der Waals surface area contributed by atoms with Crippen molar-refractivity contribution in [1.82, 2.24) is 4.98 Å². The van der Waals surface area contributed by atoms with Crippen LogP contribution in [0.4, 0.5) is 5.69 Å². The Kier molecular flexibility index (Phi) is 3.39. The number of benzene rings is 1. The molecule has 0 aliphatic rings. The van der Waals surface area contributed by atoms with E-state index in [0.29, 0.717) is 16.1 Å². The number of pyridine rings is 1. The highest BCUT2D eigenvalue weighted by Gasteiger charge is 2.11. The van der Waals surface area contributed by atoms with Crippen molar-refractivity contribution in [3.63, 3.8) is 0 Å². The van der Waals surface area contributed by atoms with Crippen LogP contribution in [0.3, 0.4) is 0 Å². The summed E-state index contributed by atoms with van der Waals surface area (Å²) < 4.78 is 0. The number of aromatic amines is 1. The van der Waals surface area contributed by atoms with E-state index >= 15 is 0 Å². The molecule has 1 amide bonds. The van der Waals surface area contributed by atoms with Crippen LogP contribution in [0, 0.1) is 5.92 Å². The van der Waals surface area contributed by atoms with E-state index in [1.165, 1.54) is 0 Å². The number of halogens is 1. The van der Waals surface area contributed by atoms with Crippen LogP contribution in [0.5, 0.6) is 0 Å². The Morgan fingerprint density at radius 1 is 1.39 bits per heavy atom. The topological polar surface area (TPSA) is 62.0 Å². The van der Waals surface area contributed by atoms with E-state index in [0.717, 1.165) is 5.39 Å². The molecule has 0 atom stereocenters. The summed E-state index contributed by atoms with van der Waals surface area (Å²) in [6.45, 7) is 3.60. The summed E-state index contributed by atoms with van der Waals surface area (Å²) in [7, 11) is 0. The van der Waals surface area contributed by atoms with Gasteiger partial charge >= 0.3 is 0 Å². The molecule has 18 heavy (non-hydrogen) atoms. The van der Waals surface area contributed by atoms with E-state index < -0.39 is 0 Å². The maximum Gasteiger partial charge on any atom is 0.255 e. The lowest BCUT2D eigenvalue weighted by Crippen LogP contribution is -2.18. The van der Waals surface area contributed by atoms with Crippen molar-refractivity contribution < 1.29 is 4.79 Å². The minimum atomic E-state index is -0.198. The summed E-state index contributed by atoms with van der Waals surface area (Å²) in [6, 6.07) is 5.02. The zero-order valence-electron chi connectivity index (χ0n) is 10.1. The molecule has 2 rings (SSSR count). The molecule has 0 unspecified atom stereocenters. The van der Waals surface area contributed by atoms with Gasteiger partial charge in [-0.25, -0.2) is 0 Å². The number of carbonyl (C=O) groups excluding carboxylic acids is 1. The van der Waals surface area contributed by atoms with Gasteiger partial charge in [-0.2, -0.15) is 0 Å². The zero-order valence-corrected chi connectivity index (χ0v) is 10.8. The van der Waals surface area contributed by atoms with Gasteiger partial charge in [0.15, 0.2) is 0 Å². The van der Waals surface area contributed by atoms with Gasteiger partial charge in [-0.15, -0.1) is 0 Å². The smallest absolute Gasteiger partial charge is 0.255 e. The van der Waals surface area contributed by atoms with Crippen LogP contribution in [0.1, 0.15) is 13.8 Å². The van der Waals surface area contributed by atoms with Crippen molar-refractivity contribution in [2.24, 2.45) is 5.92 Å². The number of hydrogen-bond acceptors (Lipinski definition) is 2. The number of nitrogens with one attached hydrogen (secondary N) is 2. The minimum Gasteiger partial charge on any atom is -0.329 e. The summed E-state index contributed by atoms with van der Waals surface area (Å²) in [6.07, 6.45) is 1.56. The van der Waals surface area contributed by atoms with Crippen molar-refractivity contribution in [1.29, 1.82) is 0 Å². The molecule has 4 nitrogen and oxygen atoms in total. The summed E-state index contributed by atoms with van der Waals surface area (Å²) >= 11 is 6.06. The predicted molar refractivity (Wildman–Crippen MR) is 73.0 cm³/mol. The van der Waals surface area contributed by atoms with Crippen LogP contribution in [0.15, 0.2) is 29.2 Å². The van der Waals surface area contributed by atoms with Crippen molar-refractivity contribution in [2.75, 3.05) is 5.32 Å². The van der Waals surface area contributed by atoms with Crippen LogP contribution < -0.4 is 10.9 Å². The van der Waals surface area contributed by atoms with Gasteiger partial charge in [0.1, 0.15) is 0 Å². The number of anilines is 1. The van der Waals surface area contributed by atoms with Crippen molar-refractivity contribution >= 4 is 34.0 Å². The number of rotatable bonds is 2. The Hall–Kier alpha value is -1.81. The van der Waals surface area contributed by atoms with Gasteiger partial charge in [0, 0.05) is 17.5 Å². The molecule has 1 aromatic carbocycles. The molecule has 5 heteroatoms. The van der Waals surface area contributed by atoms with Gasteiger partial charge in [-0.05, 0) is 23.6 Å². The standard InChI is InChI=1S/C13H13ClN2O2/c1-7(2)12(17)16-11-5-8-3-4-15-13(18)9(8)6-10(11)14/h3-7H,1-2H3,(H,15,18)(H,16,17). The first-order valence-corrected chi connectivity index (χ1v) is 5.98. The van der Waals surface area contributed by atoms with E-state index in [-0.39, 0.29) is 17.4 Å². The van der Waals surface area contributed by atoms with Gasteiger partial charge in [-0.1, -0.05) is 25.4 Å². The molecular weight excluding hydrogens is 252 g/mol. The molecule has 0 saturated carbocycles. The molecule has 2 aromatic rings. The van der Waals surface area contributed by atoms with Gasteiger partial charge in [0.25, 0.3) is 5.56 Å². The Bertz CT molecular complexity index is 662. The first-order valence-electron chi connectivity index (χ1n) is 5.61. The lowest BCUT2D eigenvalue weighted by molar-refractivity contribution is -0.118. The average molecular weight is 265 g/mol. The van der Waals surface area contributed by atoms with Gasteiger partial charge in [-0.3, -0.25) is 9.59 Å². The van der Waals surface area contributed by atoms with Crippen LogP contribution >= 0.6 is 11.6 Å². The highest BCUT2D eigenvalue weighted by molar-refractivity contribution is 6.34. The van der Waals surface area contributed by atoms with Crippen molar-refractivity contribution in [2.45, 2.75) is 13.8 Å². The fraction of sp³-hybridized carbons (Fsp3) is 0.231. The number of carbonyl (C=O) groups is 1. The van der Waals surface area contributed by atoms with E-state index in [2.05, 4.69) is 10.3 Å². The summed E-state index contributed by atoms with van der Waals surface area (Å²) in [4.78, 5) is 25.8. The van der Waals surface area contributed by atoms with E-state index in [1.807, 2.05) is 0 Å². The molecule has 0 spiro atoms. The van der Waals surface area contributed by atoms with Crippen LogP contribution in [-0.2, 0) is 4.79 Å². The molecular formula is C13H13ClN2O2. The Labute approximate surface area is 109 Å². The fourth-order valence-corrected chi connectivity index (χ4v) is 1.79. The quantitative estimate of drug-likeness (QED) is 0.876. The number of aromatic nitrogens is 1. The van der Waals surface area contributed by atoms with Gasteiger partial charge in [0.2, 0.25) is 5.91 Å². The third-order valence-electron chi connectivity index (χ3n) is 2.64. The van der Waals surface area contributed by atoms with E-state index in [4.69, 9.17) is 11.6 Å². The van der Waals surface area contributed by atoms with E-state index in [9.17, 15) is 9.59 Å². The highest BCUT2D eigenvalue weighted by atomic mass is 35.5. The second-order valence-electron chi connectivity index (χ2n) is 4.37. The molecule has 0 saturated heterocycles. The molecule has 2 N–H and O–H groups in total. The number of H-pyrrole nitrogens is 1. The monoisotopic (exact) mass is 264 g/mol. The molecule has 1 heterocycles. The van der Waals surface area contributed by atoms with Crippen LogP contribution in [0.25, 0.3) is 10.8 Å². The summed E-state index contributed by atoms with van der Waals surface area (Å²) in [5.41, 5.74) is 0.324. The average Bonchev–Trinajstić information content (AvgIpc) is 2.31. The lowest BCUT2D eigenvalue weighted by Gasteiger charge is -2.10. The molecule has 0 aliphatic carbocycles. The third-order valence-corrected chi connectivity index (χ3v) is 2.96. The number of fused-ring (bicyclic) bond motifs is 1. The zero-order chi connectivity index (χ0) is 13.3. The number of amides is 1. The normalized spacial score (nSPS) is 10.9. The van der Waals surface area contributed by atoms with Crippen molar-refractivity contribution in [3.8, 4) is 0 Å². The predicted octanol–water partition coefficient (Wildman–Crippen LogP) is 2.78. The molecule has 0 bridgehead atoms. The summed E-state index contributed by atoms with van der Waals surface area (Å²) in [5, 5.41) is 4.34. The van der Waals surface area contributed by atoms with Crippen LogP contribution in [0.2, 0.25) is 5.02 Å². The maximum atomic E-state index is 11.6. The van der Waals surface area contributed by atoms with Gasteiger partial charge in [0.05, 0.1) is 10.7 Å². The highest BCUT2D eigenvalue weighted by Crippen LogP contribution is 2.26. The Morgan fingerprint density at radius 2 is 2.11 bits per heavy atom. The molecule has 1 aromatic heterocycles. The SMILES string of the molecule is CC(C)C(=O)Nc1cc2cc[nH]c(=O)c2cc1Cl. The van der Waals surface area contributed by atoms with E-state index in [1.54, 1.807) is 38.2 Å². The lowest BCUT2D eigenvalue weighted by atomic mass is 10.1. The Morgan fingerprint density at radius 3 is 2.78 bits per heavy atom. The van der Waals surface area contributed by atoms with Gasteiger partial charge < -0.3 is 10.3 Å². The van der Waals surface area contributed by atoms with Crippen LogP contribution in [-0.4, -0.2) is 10.9 Å². The second-order valence-corrected chi connectivity index (χ2v) is 4.78. The summed E-state index contributed by atoms with van der Waals surface area (Å²) in [5.74, 6) is -0.239. The third kappa shape index (κ3) is 2.38. The molecule has 0 fully saturated rings. The first kappa shape index (κ1) is 12.6. The second kappa shape index (κ2) is 4.82. The molecule has 0 aliphatic heterocycles. The van der Waals surface area contributed by atoms with Crippen molar-refractivity contribution in [3.05, 3.63) is 39.8 Å². The fourth-order valence-electron chi connectivity index (χ4n) is 1.58.